The molecule has 18 nitrogen and oxygen atoms in total. The smallest absolute Gasteiger partial charge is 0.444 e. The fourth-order valence-corrected chi connectivity index (χ4v) is 4.47. The molecule has 3 atom stereocenters. The molecule has 3 aliphatic rings. The standard InChI is InChI=1S/C10H19NO4.C9H14BN3O4.C6H12O2.C4H4BClN2O2/c1-10(2,3)15-9(13)11-4-5-14-8(6-11)7-12;14-6-8-5-13(1-2-17-8)9-11-3-7(4-12-9)10(15)16;7-5-6-3-1-2-4-8-6;6-4-7-1-3(2-8-4)5(9)10/h8,12H,4-7H2,1-3H3;3-4,8,14-16H,1-2,5-6H2;6-7H,1-5H2;1-2,9-10H/t2*8-;6-;/m111./s1. The van der Waals surface area contributed by atoms with Gasteiger partial charge in [-0.2, -0.15) is 0 Å². The zero-order valence-corrected chi connectivity index (χ0v) is 29.4. The van der Waals surface area contributed by atoms with Crippen LogP contribution in [0.25, 0.3) is 0 Å². The van der Waals surface area contributed by atoms with Gasteiger partial charge in [-0.1, -0.05) is 0 Å². The molecule has 0 aliphatic carbocycles. The lowest BCUT2D eigenvalue weighted by Gasteiger charge is -2.33. The number of aliphatic hydroxyl groups excluding tert-OH is 3. The van der Waals surface area contributed by atoms with Crippen LogP contribution in [0.1, 0.15) is 40.0 Å². The van der Waals surface area contributed by atoms with Gasteiger partial charge in [-0.25, -0.2) is 24.7 Å². The Morgan fingerprint density at radius 3 is 1.76 bits per heavy atom. The number of amides is 1. The van der Waals surface area contributed by atoms with Crippen LogP contribution in [-0.2, 0) is 18.9 Å². The average Bonchev–Trinajstić information content (AvgIpc) is 3.12. The minimum absolute atomic E-state index is 0.0378. The number of rotatable bonds is 6. The van der Waals surface area contributed by atoms with Crippen LogP contribution in [0.3, 0.4) is 0 Å². The molecule has 280 valence electrons. The Labute approximate surface area is 297 Å². The number of aliphatic hydroxyl groups is 3. The maximum atomic E-state index is 11.6. The van der Waals surface area contributed by atoms with E-state index in [9.17, 15) is 4.79 Å². The van der Waals surface area contributed by atoms with E-state index >= 15 is 0 Å². The second-order valence-corrected chi connectivity index (χ2v) is 12.6. The molecule has 0 bridgehead atoms. The van der Waals surface area contributed by atoms with Gasteiger partial charge in [-0.05, 0) is 51.6 Å². The second-order valence-electron chi connectivity index (χ2n) is 12.2. The Morgan fingerprint density at radius 2 is 1.30 bits per heavy atom. The summed E-state index contributed by atoms with van der Waals surface area (Å²) in [7, 11) is -3.09. The van der Waals surface area contributed by atoms with E-state index in [1.54, 1.807) is 4.90 Å². The van der Waals surface area contributed by atoms with E-state index in [1.807, 2.05) is 25.7 Å². The van der Waals surface area contributed by atoms with Gasteiger partial charge in [-0.15, -0.1) is 0 Å². The van der Waals surface area contributed by atoms with Crippen LogP contribution in [0, 0.1) is 0 Å². The van der Waals surface area contributed by atoms with Gasteiger partial charge in [0.05, 0.1) is 57.9 Å². The van der Waals surface area contributed by atoms with Crippen molar-refractivity contribution in [2.45, 2.75) is 63.9 Å². The van der Waals surface area contributed by atoms with Crippen molar-refractivity contribution in [2.75, 3.05) is 70.7 Å². The van der Waals surface area contributed by atoms with Crippen molar-refractivity contribution in [1.82, 2.24) is 24.8 Å². The molecular weight excluding hydrogens is 681 g/mol. The van der Waals surface area contributed by atoms with Gasteiger partial charge in [0, 0.05) is 62.0 Å². The maximum absolute atomic E-state index is 11.6. The van der Waals surface area contributed by atoms with E-state index in [0.29, 0.717) is 45.3 Å². The monoisotopic (exact) mass is 730 g/mol. The third-order valence-corrected chi connectivity index (χ3v) is 7.19. The lowest BCUT2D eigenvalue weighted by molar-refractivity contribution is -0.0593. The molecule has 5 rings (SSSR count). The van der Waals surface area contributed by atoms with E-state index in [2.05, 4.69) is 19.9 Å². The SMILES string of the molecule is CC(C)(C)OC(=O)N1CCO[C@@H](CO)C1.OB(O)c1cnc(Cl)nc1.OC[C@H]1CCCCO1.OC[C@H]1CN(c2ncc(B(O)O)cn2)CCO1. The topological polar surface area (TPSA) is 254 Å². The van der Waals surface area contributed by atoms with Crippen LogP contribution in [0.15, 0.2) is 24.8 Å². The van der Waals surface area contributed by atoms with Crippen molar-refractivity contribution in [3.05, 3.63) is 30.1 Å². The molecule has 3 saturated heterocycles. The van der Waals surface area contributed by atoms with Crippen molar-refractivity contribution in [1.29, 1.82) is 0 Å². The predicted octanol–water partition coefficient (Wildman–Crippen LogP) is -2.67. The number of ether oxygens (including phenoxy) is 4. The first-order valence-corrected chi connectivity index (χ1v) is 16.6. The molecule has 3 aliphatic heterocycles. The third-order valence-electron chi connectivity index (χ3n) is 6.99. The molecule has 7 N–H and O–H groups in total. The van der Waals surface area contributed by atoms with Gasteiger partial charge >= 0.3 is 20.3 Å². The summed E-state index contributed by atoms with van der Waals surface area (Å²) < 4.78 is 20.9. The zero-order chi connectivity index (χ0) is 37.1. The van der Waals surface area contributed by atoms with Crippen molar-refractivity contribution < 1.29 is 59.2 Å². The number of hydrogen-bond donors (Lipinski definition) is 7. The first-order chi connectivity index (χ1) is 23.8. The number of carbonyl (C=O) groups excluding carboxylic acids is 1. The van der Waals surface area contributed by atoms with Gasteiger partial charge in [0.1, 0.15) is 5.60 Å². The van der Waals surface area contributed by atoms with Crippen molar-refractivity contribution in [3.63, 3.8) is 0 Å². The summed E-state index contributed by atoms with van der Waals surface area (Å²) in [6.07, 6.45) is 7.94. The first-order valence-electron chi connectivity index (χ1n) is 16.2. The molecule has 21 heteroatoms. The zero-order valence-electron chi connectivity index (χ0n) is 28.6. The van der Waals surface area contributed by atoms with Crippen LogP contribution in [0.5, 0.6) is 0 Å². The third kappa shape index (κ3) is 17.0. The summed E-state index contributed by atoms with van der Waals surface area (Å²) in [6.45, 7) is 9.46. The normalized spacial score (nSPS) is 20.5. The lowest BCUT2D eigenvalue weighted by Crippen LogP contribution is -2.48. The van der Waals surface area contributed by atoms with E-state index < -0.39 is 19.8 Å². The minimum Gasteiger partial charge on any atom is -0.444 e. The Bertz CT molecular complexity index is 1210. The number of anilines is 1. The molecule has 0 radical (unpaired) electrons. The molecule has 2 aromatic heterocycles. The number of carbonyl (C=O) groups is 1. The van der Waals surface area contributed by atoms with E-state index in [0.717, 1.165) is 19.4 Å². The highest BCUT2D eigenvalue weighted by Gasteiger charge is 2.27. The Balaban J connectivity index is 0.000000240. The van der Waals surface area contributed by atoms with E-state index in [1.165, 1.54) is 31.2 Å². The number of morpholine rings is 2. The number of aromatic nitrogens is 4. The second kappa shape index (κ2) is 22.9. The summed E-state index contributed by atoms with van der Waals surface area (Å²) in [4.78, 5) is 30.3. The predicted molar refractivity (Wildman–Crippen MR) is 183 cm³/mol. The summed E-state index contributed by atoms with van der Waals surface area (Å²) in [6, 6.07) is 0. The fourth-order valence-electron chi connectivity index (χ4n) is 4.37. The summed E-state index contributed by atoms with van der Waals surface area (Å²) in [5.41, 5.74) is -0.00508. The quantitative estimate of drug-likeness (QED) is 0.118. The van der Waals surface area contributed by atoms with Crippen molar-refractivity contribution in [2.24, 2.45) is 0 Å². The van der Waals surface area contributed by atoms with Gasteiger partial charge in [0.25, 0.3) is 0 Å². The minimum atomic E-state index is -1.56. The summed E-state index contributed by atoms with van der Waals surface area (Å²) in [5, 5.41) is 61.5. The molecule has 0 saturated carbocycles. The fraction of sp³-hybridized carbons (Fsp3) is 0.690. The summed E-state index contributed by atoms with van der Waals surface area (Å²) >= 11 is 5.33. The highest BCUT2D eigenvalue weighted by atomic mass is 35.5. The molecule has 3 fully saturated rings. The lowest BCUT2D eigenvalue weighted by atomic mass is 9.83. The molecule has 0 spiro atoms. The van der Waals surface area contributed by atoms with Crippen LogP contribution >= 0.6 is 11.6 Å². The molecular formula is C29H49B2ClN6O12. The highest BCUT2D eigenvalue weighted by Crippen LogP contribution is 2.14. The van der Waals surface area contributed by atoms with Crippen LogP contribution < -0.4 is 15.8 Å². The van der Waals surface area contributed by atoms with Gasteiger partial charge in [0.2, 0.25) is 11.2 Å². The summed E-state index contributed by atoms with van der Waals surface area (Å²) in [5.74, 6) is 0.496. The van der Waals surface area contributed by atoms with Gasteiger partial charge in [-0.3, -0.25) is 0 Å². The first kappa shape index (κ1) is 43.4. The van der Waals surface area contributed by atoms with E-state index in [4.69, 9.17) is 66.0 Å². The molecule has 0 unspecified atom stereocenters. The van der Waals surface area contributed by atoms with Gasteiger partial charge in [0.15, 0.2) is 0 Å². The van der Waals surface area contributed by atoms with Crippen molar-refractivity contribution >= 4 is 48.8 Å². The average molecular weight is 731 g/mol. The number of nitrogens with zero attached hydrogens (tertiary/aromatic N) is 6. The van der Waals surface area contributed by atoms with Gasteiger partial charge < -0.3 is 64.2 Å². The van der Waals surface area contributed by atoms with E-state index in [-0.39, 0.29) is 60.4 Å². The largest absolute Gasteiger partial charge is 0.491 e. The highest BCUT2D eigenvalue weighted by molar-refractivity contribution is 6.58. The Morgan fingerprint density at radius 1 is 0.800 bits per heavy atom. The number of hydrogen-bond acceptors (Lipinski definition) is 17. The van der Waals surface area contributed by atoms with Crippen molar-refractivity contribution in [3.8, 4) is 0 Å². The molecule has 0 aromatic carbocycles. The molecule has 50 heavy (non-hydrogen) atoms. The van der Waals surface area contributed by atoms with Crippen LogP contribution in [0.4, 0.5) is 10.7 Å². The Kier molecular flexibility index (Phi) is 19.9. The maximum Gasteiger partial charge on any atom is 0.491 e. The van der Waals surface area contributed by atoms with Crippen LogP contribution in [-0.4, -0.2) is 170 Å². The molecule has 5 heterocycles. The molecule has 1 amide bonds. The Hall–Kier alpha value is -2.75. The number of halogens is 1. The molecule has 2 aromatic rings. The van der Waals surface area contributed by atoms with Crippen LogP contribution in [0.2, 0.25) is 5.28 Å².